The van der Waals surface area contributed by atoms with Crippen molar-refractivity contribution in [3.63, 3.8) is 0 Å². The van der Waals surface area contributed by atoms with E-state index in [2.05, 4.69) is 11.1 Å². The van der Waals surface area contributed by atoms with Crippen LogP contribution in [-0.2, 0) is 13.0 Å². The first-order valence-corrected chi connectivity index (χ1v) is 7.25. The molecule has 0 saturated heterocycles. The Morgan fingerprint density at radius 1 is 1.24 bits per heavy atom. The molecule has 3 aromatic rings. The highest BCUT2D eigenvalue weighted by atomic mass is 32.1. The number of ether oxygens (including phenoxy) is 1. The summed E-state index contributed by atoms with van der Waals surface area (Å²) in [6.45, 7) is 0.608. The SMILES string of the molecule is Fc1cccc2c1[nH]c(=S)n2CC1Cc2ccccc2O1. The summed E-state index contributed by atoms with van der Waals surface area (Å²) in [7, 11) is 0. The maximum atomic E-state index is 13.8. The summed E-state index contributed by atoms with van der Waals surface area (Å²) in [5.74, 6) is 0.646. The Labute approximate surface area is 126 Å². The van der Waals surface area contributed by atoms with Crippen LogP contribution in [0.2, 0.25) is 0 Å². The zero-order valence-electron chi connectivity index (χ0n) is 11.2. The van der Waals surface area contributed by atoms with Crippen LogP contribution in [0.15, 0.2) is 42.5 Å². The molecule has 0 spiro atoms. The number of imidazole rings is 1. The number of hydrogen-bond acceptors (Lipinski definition) is 2. The molecule has 5 heteroatoms. The van der Waals surface area contributed by atoms with Gasteiger partial charge in [-0.3, -0.25) is 0 Å². The minimum absolute atomic E-state index is 0.0244. The average Bonchev–Trinajstić information content (AvgIpc) is 3.02. The topological polar surface area (TPSA) is 29.9 Å². The first-order valence-electron chi connectivity index (χ1n) is 6.84. The van der Waals surface area contributed by atoms with Crippen LogP contribution in [0, 0.1) is 10.6 Å². The van der Waals surface area contributed by atoms with E-state index in [-0.39, 0.29) is 11.9 Å². The first kappa shape index (κ1) is 12.6. The number of para-hydroxylation sites is 2. The van der Waals surface area contributed by atoms with E-state index in [1.165, 1.54) is 11.6 Å². The van der Waals surface area contributed by atoms with E-state index >= 15 is 0 Å². The van der Waals surface area contributed by atoms with E-state index in [1.54, 1.807) is 6.07 Å². The van der Waals surface area contributed by atoms with Crippen molar-refractivity contribution in [2.24, 2.45) is 0 Å². The number of aromatic nitrogens is 2. The van der Waals surface area contributed by atoms with Crippen LogP contribution in [0.3, 0.4) is 0 Å². The average molecular weight is 300 g/mol. The third kappa shape index (κ3) is 2.05. The van der Waals surface area contributed by atoms with E-state index < -0.39 is 0 Å². The van der Waals surface area contributed by atoms with Gasteiger partial charge in [0.1, 0.15) is 23.2 Å². The number of aromatic amines is 1. The van der Waals surface area contributed by atoms with E-state index in [0.29, 0.717) is 16.8 Å². The number of benzene rings is 2. The van der Waals surface area contributed by atoms with Gasteiger partial charge in [0, 0.05) is 6.42 Å². The van der Waals surface area contributed by atoms with Gasteiger partial charge in [0.15, 0.2) is 4.77 Å². The van der Waals surface area contributed by atoms with Crippen molar-refractivity contribution in [1.82, 2.24) is 9.55 Å². The van der Waals surface area contributed by atoms with Gasteiger partial charge in [0.05, 0.1) is 12.1 Å². The van der Waals surface area contributed by atoms with E-state index in [4.69, 9.17) is 17.0 Å². The Morgan fingerprint density at radius 2 is 2.10 bits per heavy atom. The normalized spacial score (nSPS) is 16.9. The molecule has 0 saturated carbocycles. The number of halogens is 1. The number of nitrogens with zero attached hydrogens (tertiary/aromatic N) is 1. The van der Waals surface area contributed by atoms with Gasteiger partial charge in [-0.2, -0.15) is 0 Å². The van der Waals surface area contributed by atoms with Gasteiger partial charge < -0.3 is 14.3 Å². The molecule has 1 atom stereocenters. The lowest BCUT2D eigenvalue weighted by Gasteiger charge is -2.12. The molecule has 1 N–H and O–H groups in total. The summed E-state index contributed by atoms with van der Waals surface area (Å²) in [5.41, 5.74) is 2.44. The van der Waals surface area contributed by atoms with Crippen LogP contribution >= 0.6 is 12.2 Å². The number of nitrogens with one attached hydrogen (secondary N) is 1. The molecule has 2 aromatic carbocycles. The Hall–Kier alpha value is -2.14. The first-order chi connectivity index (χ1) is 10.2. The Kier molecular flexibility index (Phi) is 2.82. The van der Waals surface area contributed by atoms with Crippen LogP contribution in [0.25, 0.3) is 11.0 Å². The zero-order valence-corrected chi connectivity index (χ0v) is 12.0. The second kappa shape index (κ2) is 4.70. The van der Waals surface area contributed by atoms with E-state index in [9.17, 15) is 4.39 Å². The van der Waals surface area contributed by atoms with Crippen LogP contribution in [-0.4, -0.2) is 15.7 Å². The quantitative estimate of drug-likeness (QED) is 0.729. The Bertz CT molecular complexity index is 858. The molecule has 4 rings (SSSR count). The molecule has 1 unspecified atom stereocenters. The molecule has 106 valence electrons. The van der Waals surface area contributed by atoms with Crippen molar-refractivity contribution >= 4 is 23.3 Å². The molecule has 1 aliphatic heterocycles. The number of fused-ring (bicyclic) bond motifs is 2. The Morgan fingerprint density at radius 3 is 2.95 bits per heavy atom. The van der Waals surface area contributed by atoms with Crippen LogP contribution in [0.1, 0.15) is 5.56 Å². The predicted octanol–water partition coefficient (Wildman–Crippen LogP) is 3.84. The molecular weight excluding hydrogens is 287 g/mol. The molecular formula is C16H13FN2OS. The minimum atomic E-state index is -0.284. The van der Waals surface area contributed by atoms with Gasteiger partial charge in [-0.1, -0.05) is 24.3 Å². The monoisotopic (exact) mass is 300 g/mol. The largest absolute Gasteiger partial charge is 0.488 e. The molecule has 0 fully saturated rings. The van der Waals surface area contributed by atoms with Crippen molar-refractivity contribution < 1.29 is 9.13 Å². The highest BCUT2D eigenvalue weighted by Crippen LogP contribution is 2.29. The Balaban J connectivity index is 1.69. The summed E-state index contributed by atoms with van der Waals surface area (Å²) in [5, 5.41) is 0. The lowest BCUT2D eigenvalue weighted by atomic mass is 10.1. The lowest BCUT2D eigenvalue weighted by Crippen LogP contribution is -2.20. The molecule has 21 heavy (non-hydrogen) atoms. The number of rotatable bonds is 2. The molecule has 0 aliphatic carbocycles. The predicted molar refractivity (Wildman–Crippen MR) is 81.6 cm³/mol. The van der Waals surface area contributed by atoms with E-state index in [1.807, 2.05) is 28.8 Å². The highest BCUT2D eigenvalue weighted by Gasteiger charge is 2.23. The fraction of sp³-hybridized carbons (Fsp3) is 0.188. The molecule has 1 aromatic heterocycles. The molecule has 0 bridgehead atoms. The highest BCUT2D eigenvalue weighted by molar-refractivity contribution is 7.71. The molecule has 1 aliphatic rings. The third-order valence-electron chi connectivity index (χ3n) is 3.86. The molecule has 0 amide bonds. The molecule has 2 heterocycles. The van der Waals surface area contributed by atoms with E-state index in [0.717, 1.165) is 17.7 Å². The van der Waals surface area contributed by atoms with Gasteiger partial charge >= 0.3 is 0 Å². The van der Waals surface area contributed by atoms with Crippen molar-refractivity contribution in [3.05, 3.63) is 58.6 Å². The van der Waals surface area contributed by atoms with Gasteiger partial charge in [-0.25, -0.2) is 4.39 Å². The second-order valence-corrected chi connectivity index (χ2v) is 5.61. The summed E-state index contributed by atoms with van der Waals surface area (Å²) in [4.78, 5) is 2.94. The lowest BCUT2D eigenvalue weighted by molar-refractivity contribution is 0.210. The number of H-pyrrole nitrogens is 1. The van der Waals surface area contributed by atoms with Crippen molar-refractivity contribution in [2.75, 3.05) is 0 Å². The zero-order chi connectivity index (χ0) is 14.4. The fourth-order valence-corrected chi connectivity index (χ4v) is 3.16. The third-order valence-corrected chi connectivity index (χ3v) is 4.18. The summed E-state index contributed by atoms with van der Waals surface area (Å²) in [6, 6.07) is 13.0. The van der Waals surface area contributed by atoms with Gasteiger partial charge in [0.25, 0.3) is 0 Å². The van der Waals surface area contributed by atoms with Crippen LogP contribution < -0.4 is 4.74 Å². The maximum Gasteiger partial charge on any atom is 0.178 e. The molecule has 3 nitrogen and oxygen atoms in total. The second-order valence-electron chi connectivity index (χ2n) is 5.23. The standard InChI is InChI=1S/C16H13FN2OS/c17-12-5-3-6-13-15(12)18-16(21)19(13)9-11-8-10-4-1-2-7-14(10)20-11/h1-7,11H,8-9H2,(H,18,21). The van der Waals surface area contributed by atoms with Crippen LogP contribution in [0.4, 0.5) is 4.39 Å². The fourth-order valence-electron chi connectivity index (χ4n) is 2.89. The molecule has 0 radical (unpaired) electrons. The summed E-state index contributed by atoms with van der Waals surface area (Å²) in [6.07, 6.45) is 0.872. The maximum absolute atomic E-state index is 13.8. The van der Waals surface area contributed by atoms with Crippen molar-refractivity contribution in [3.8, 4) is 5.75 Å². The van der Waals surface area contributed by atoms with Gasteiger partial charge in [-0.05, 0) is 36.0 Å². The van der Waals surface area contributed by atoms with Gasteiger partial charge in [-0.15, -0.1) is 0 Å². The van der Waals surface area contributed by atoms with Crippen molar-refractivity contribution in [2.45, 2.75) is 19.1 Å². The summed E-state index contributed by atoms with van der Waals surface area (Å²) >= 11 is 5.32. The van der Waals surface area contributed by atoms with Crippen LogP contribution in [0.5, 0.6) is 5.75 Å². The number of hydrogen-bond donors (Lipinski definition) is 1. The smallest absolute Gasteiger partial charge is 0.178 e. The van der Waals surface area contributed by atoms with Gasteiger partial charge in [0.2, 0.25) is 0 Å². The summed E-state index contributed by atoms with van der Waals surface area (Å²) < 4.78 is 22.2. The minimum Gasteiger partial charge on any atom is -0.488 e. The van der Waals surface area contributed by atoms with Crippen molar-refractivity contribution in [1.29, 1.82) is 0 Å².